The second-order valence-electron chi connectivity index (χ2n) is 6.11. The van der Waals surface area contributed by atoms with Gasteiger partial charge in [-0.05, 0) is 18.6 Å². The number of carbonyl (C=O) groups is 1. The summed E-state index contributed by atoms with van der Waals surface area (Å²) in [5.41, 5.74) is 2.21. The fourth-order valence-electron chi connectivity index (χ4n) is 3.07. The number of hydrogen-bond acceptors (Lipinski definition) is 2. The first-order valence-corrected chi connectivity index (χ1v) is 8.94. The van der Waals surface area contributed by atoms with Gasteiger partial charge in [-0.25, -0.2) is 9.78 Å². The van der Waals surface area contributed by atoms with E-state index in [4.69, 9.17) is 11.6 Å². The van der Waals surface area contributed by atoms with Crippen LogP contribution in [0.15, 0.2) is 30.5 Å². The number of piperazine rings is 1. The van der Waals surface area contributed by atoms with E-state index in [1.54, 1.807) is 0 Å². The van der Waals surface area contributed by atoms with E-state index >= 15 is 0 Å². The minimum atomic E-state index is 0.0566. The lowest BCUT2D eigenvalue weighted by Crippen LogP contribution is -2.52. The van der Waals surface area contributed by atoms with Crippen molar-refractivity contribution in [2.45, 2.75) is 19.8 Å². The number of nitrogens with zero attached hydrogens (tertiary/aromatic N) is 2. The first kappa shape index (κ1) is 16.8. The van der Waals surface area contributed by atoms with Gasteiger partial charge in [0.2, 0.25) is 5.52 Å². The molecule has 0 unspecified atom stereocenters. The van der Waals surface area contributed by atoms with Crippen molar-refractivity contribution < 1.29 is 9.78 Å². The molecule has 1 aliphatic heterocycles. The van der Waals surface area contributed by atoms with Crippen LogP contribution < -0.4 is 15.2 Å². The monoisotopic (exact) mass is 347 g/mol. The number of hydrogen-bond donors (Lipinski definition) is 1. The van der Waals surface area contributed by atoms with Crippen LogP contribution in [0.1, 0.15) is 19.8 Å². The van der Waals surface area contributed by atoms with Gasteiger partial charge in [-0.1, -0.05) is 24.9 Å². The number of amides is 2. The first-order valence-electron chi connectivity index (χ1n) is 8.56. The molecular formula is C18H24ClN4O+. The molecule has 3 rings (SSSR count). The molecule has 0 spiro atoms. The molecule has 5 nitrogen and oxygen atoms in total. The van der Waals surface area contributed by atoms with Gasteiger partial charge < -0.3 is 15.1 Å². The Balaban J connectivity index is 1.66. The van der Waals surface area contributed by atoms with Crippen LogP contribution in [0.25, 0.3) is 10.9 Å². The van der Waals surface area contributed by atoms with Crippen LogP contribution in [0, 0.1) is 0 Å². The molecule has 2 N–H and O–H groups in total. The molecule has 1 aliphatic rings. The molecule has 128 valence electrons. The third kappa shape index (κ3) is 3.73. The zero-order valence-electron chi connectivity index (χ0n) is 14.0. The average molecular weight is 348 g/mol. The van der Waals surface area contributed by atoms with E-state index in [1.807, 2.05) is 29.3 Å². The summed E-state index contributed by atoms with van der Waals surface area (Å²) in [4.78, 5) is 19.6. The molecule has 1 aromatic carbocycles. The fourth-order valence-corrected chi connectivity index (χ4v) is 3.24. The van der Waals surface area contributed by atoms with Crippen LogP contribution in [0.2, 0.25) is 5.02 Å². The minimum Gasteiger partial charge on any atom is -0.367 e. The predicted molar refractivity (Wildman–Crippen MR) is 97.6 cm³/mol. The maximum absolute atomic E-state index is 12.1. The van der Waals surface area contributed by atoms with Gasteiger partial charge in [0.05, 0.1) is 11.1 Å². The number of aromatic amines is 1. The summed E-state index contributed by atoms with van der Waals surface area (Å²) < 4.78 is 0. The number of urea groups is 1. The summed E-state index contributed by atoms with van der Waals surface area (Å²) in [5.74, 6) is 0. The van der Waals surface area contributed by atoms with Crippen molar-refractivity contribution in [2.24, 2.45) is 0 Å². The Morgan fingerprint density at radius 3 is 2.79 bits per heavy atom. The van der Waals surface area contributed by atoms with Crippen molar-refractivity contribution >= 4 is 34.2 Å². The lowest BCUT2D eigenvalue weighted by atomic mass is 10.1. The summed E-state index contributed by atoms with van der Waals surface area (Å²) in [6, 6.07) is 8.05. The topological polar surface area (TPSA) is 49.7 Å². The second-order valence-corrected chi connectivity index (χ2v) is 6.55. The Hall–Kier alpha value is -2.01. The number of nitrogens with one attached hydrogen (secondary N) is 2. The summed E-state index contributed by atoms with van der Waals surface area (Å²) in [6.45, 7) is 6.04. The number of benzene rings is 1. The van der Waals surface area contributed by atoms with Gasteiger partial charge in [-0.3, -0.25) is 0 Å². The van der Waals surface area contributed by atoms with Crippen molar-refractivity contribution in [3.63, 3.8) is 0 Å². The molecule has 2 heterocycles. The maximum Gasteiger partial charge on any atom is 0.317 e. The quantitative estimate of drug-likeness (QED) is 0.864. The molecule has 0 aliphatic carbocycles. The van der Waals surface area contributed by atoms with Crippen LogP contribution >= 0.6 is 11.6 Å². The SMILES string of the molecule is CCCCNC(=O)N1CCN(c2cc[nH+]c3cc(Cl)ccc23)CC1. The highest BCUT2D eigenvalue weighted by molar-refractivity contribution is 6.31. The molecule has 0 bridgehead atoms. The standard InChI is InChI=1S/C18H23ClN4O/c1-2-3-7-21-18(24)23-11-9-22(10-12-23)17-6-8-20-16-13-14(19)4-5-15(16)17/h4-6,8,13H,2-3,7,9-12H2,1H3,(H,21,24)/p+1. The number of pyridine rings is 1. The van der Waals surface area contributed by atoms with Gasteiger partial charge in [0.25, 0.3) is 0 Å². The molecule has 0 saturated carbocycles. The van der Waals surface area contributed by atoms with Gasteiger partial charge in [-0.15, -0.1) is 0 Å². The van der Waals surface area contributed by atoms with Crippen LogP contribution in [-0.4, -0.2) is 43.7 Å². The number of rotatable bonds is 4. The molecule has 6 heteroatoms. The highest BCUT2D eigenvalue weighted by atomic mass is 35.5. The Morgan fingerprint density at radius 2 is 2.04 bits per heavy atom. The number of fused-ring (bicyclic) bond motifs is 1. The van der Waals surface area contributed by atoms with E-state index in [2.05, 4.69) is 28.2 Å². The van der Waals surface area contributed by atoms with E-state index < -0.39 is 0 Å². The number of carbonyl (C=O) groups excluding carboxylic acids is 1. The van der Waals surface area contributed by atoms with Gasteiger partial charge in [0.1, 0.15) is 0 Å². The molecular weight excluding hydrogens is 324 g/mol. The van der Waals surface area contributed by atoms with E-state index in [1.165, 1.54) is 5.69 Å². The lowest BCUT2D eigenvalue weighted by molar-refractivity contribution is -0.344. The van der Waals surface area contributed by atoms with Gasteiger partial charge in [-0.2, -0.15) is 0 Å². The summed E-state index contributed by atoms with van der Waals surface area (Å²) >= 11 is 6.08. The molecule has 24 heavy (non-hydrogen) atoms. The van der Waals surface area contributed by atoms with Crippen molar-refractivity contribution in [3.05, 3.63) is 35.5 Å². The molecule has 1 fully saturated rings. The molecule has 2 aromatic rings. The van der Waals surface area contributed by atoms with Gasteiger partial charge in [0, 0.05) is 49.9 Å². The number of unbranched alkanes of at least 4 members (excludes halogenated alkanes) is 1. The smallest absolute Gasteiger partial charge is 0.317 e. The minimum absolute atomic E-state index is 0.0566. The molecule has 0 atom stereocenters. The number of aromatic nitrogens is 1. The number of anilines is 1. The van der Waals surface area contributed by atoms with E-state index in [-0.39, 0.29) is 6.03 Å². The van der Waals surface area contributed by atoms with Crippen LogP contribution in [0.3, 0.4) is 0 Å². The van der Waals surface area contributed by atoms with Crippen molar-refractivity contribution in [1.29, 1.82) is 0 Å². The normalized spacial score (nSPS) is 14.9. The Bertz CT molecular complexity index is 713. The average Bonchev–Trinajstić information content (AvgIpc) is 2.61. The highest BCUT2D eigenvalue weighted by Crippen LogP contribution is 2.26. The summed E-state index contributed by atoms with van der Waals surface area (Å²) in [7, 11) is 0. The van der Waals surface area contributed by atoms with E-state index in [9.17, 15) is 4.79 Å². The third-order valence-electron chi connectivity index (χ3n) is 4.45. The first-order chi connectivity index (χ1) is 11.7. The lowest BCUT2D eigenvalue weighted by Gasteiger charge is -2.36. The molecule has 2 amide bonds. The zero-order valence-corrected chi connectivity index (χ0v) is 14.8. The van der Waals surface area contributed by atoms with Crippen LogP contribution in [0.4, 0.5) is 10.5 Å². The van der Waals surface area contributed by atoms with Gasteiger partial charge in [0.15, 0.2) is 6.20 Å². The molecule has 1 saturated heterocycles. The van der Waals surface area contributed by atoms with Crippen molar-refractivity contribution in [1.82, 2.24) is 10.2 Å². The van der Waals surface area contributed by atoms with Gasteiger partial charge >= 0.3 is 6.03 Å². The highest BCUT2D eigenvalue weighted by Gasteiger charge is 2.22. The maximum atomic E-state index is 12.1. The second kappa shape index (κ2) is 7.71. The third-order valence-corrected chi connectivity index (χ3v) is 4.69. The Labute approximate surface area is 147 Å². The largest absolute Gasteiger partial charge is 0.367 e. The molecule has 1 aromatic heterocycles. The summed E-state index contributed by atoms with van der Waals surface area (Å²) in [6.07, 6.45) is 4.06. The molecule has 0 radical (unpaired) electrons. The predicted octanol–water partition coefficient (Wildman–Crippen LogP) is 2.94. The fraction of sp³-hybridized carbons (Fsp3) is 0.444. The van der Waals surface area contributed by atoms with Crippen molar-refractivity contribution in [3.8, 4) is 0 Å². The number of H-pyrrole nitrogens is 1. The number of halogens is 1. The Morgan fingerprint density at radius 1 is 1.25 bits per heavy atom. The summed E-state index contributed by atoms with van der Waals surface area (Å²) in [5, 5.41) is 4.87. The van der Waals surface area contributed by atoms with Crippen LogP contribution in [0.5, 0.6) is 0 Å². The van der Waals surface area contributed by atoms with E-state index in [0.29, 0.717) is 0 Å². The Kier molecular flexibility index (Phi) is 5.41. The zero-order chi connectivity index (χ0) is 16.9. The van der Waals surface area contributed by atoms with Crippen molar-refractivity contribution in [2.75, 3.05) is 37.6 Å². The van der Waals surface area contributed by atoms with E-state index in [0.717, 1.165) is 61.5 Å². The van der Waals surface area contributed by atoms with Crippen LogP contribution in [-0.2, 0) is 0 Å².